The van der Waals surface area contributed by atoms with Gasteiger partial charge in [-0.15, -0.1) is 0 Å². The Labute approximate surface area is 160 Å². The highest BCUT2D eigenvalue weighted by Gasteiger charge is 2.11. The van der Waals surface area contributed by atoms with Crippen LogP contribution in [0.5, 0.6) is 5.75 Å². The van der Waals surface area contributed by atoms with Crippen molar-refractivity contribution in [1.29, 1.82) is 0 Å². The first kappa shape index (κ1) is 20.5. The lowest BCUT2D eigenvalue weighted by Gasteiger charge is -2.18. The molecule has 0 saturated heterocycles. The van der Waals surface area contributed by atoms with E-state index in [2.05, 4.69) is 11.4 Å². The van der Waals surface area contributed by atoms with Gasteiger partial charge in [-0.2, -0.15) is 0 Å². The smallest absolute Gasteiger partial charge is 0.338 e. The van der Waals surface area contributed by atoms with Crippen molar-refractivity contribution < 1.29 is 19.1 Å². The average molecular weight is 370 g/mol. The Kier molecular flexibility index (Phi) is 7.37. The van der Waals surface area contributed by atoms with Crippen molar-refractivity contribution in [1.82, 2.24) is 4.90 Å². The third-order valence-electron chi connectivity index (χ3n) is 3.97. The highest BCUT2D eigenvalue weighted by molar-refractivity contribution is 5.94. The summed E-state index contributed by atoms with van der Waals surface area (Å²) in [6.45, 7) is 4.94. The number of nitrogens with zero attached hydrogens (tertiary/aromatic N) is 1. The van der Waals surface area contributed by atoms with E-state index in [1.54, 1.807) is 38.3 Å². The Bertz CT molecular complexity index is 787. The zero-order valence-electron chi connectivity index (χ0n) is 16.2. The molecule has 0 aliphatic heterocycles. The van der Waals surface area contributed by atoms with Crippen LogP contribution in [0.4, 0.5) is 5.69 Å². The van der Waals surface area contributed by atoms with E-state index in [1.165, 1.54) is 0 Å². The van der Waals surface area contributed by atoms with Gasteiger partial charge in [0.05, 0.1) is 25.8 Å². The molecule has 0 fully saturated rings. The SMILES string of the molecule is CCOC(=O)c1ccc(NC(=O)CN(C)Cc2cc(C)ccc2OC)cc1. The predicted octanol–water partition coefficient (Wildman–Crippen LogP) is 3.25. The molecule has 0 bridgehead atoms. The van der Waals surface area contributed by atoms with E-state index in [-0.39, 0.29) is 18.4 Å². The number of ether oxygens (including phenoxy) is 2. The summed E-state index contributed by atoms with van der Waals surface area (Å²) >= 11 is 0. The van der Waals surface area contributed by atoms with E-state index in [9.17, 15) is 9.59 Å². The third-order valence-corrected chi connectivity index (χ3v) is 3.97. The van der Waals surface area contributed by atoms with Crippen molar-refractivity contribution in [2.24, 2.45) is 0 Å². The van der Waals surface area contributed by atoms with Gasteiger partial charge < -0.3 is 14.8 Å². The van der Waals surface area contributed by atoms with Gasteiger partial charge in [-0.3, -0.25) is 9.69 Å². The number of methoxy groups -OCH3 is 1. The molecule has 0 spiro atoms. The zero-order valence-corrected chi connectivity index (χ0v) is 16.2. The Morgan fingerprint density at radius 3 is 2.44 bits per heavy atom. The maximum absolute atomic E-state index is 12.3. The quantitative estimate of drug-likeness (QED) is 0.723. The second kappa shape index (κ2) is 9.73. The summed E-state index contributed by atoms with van der Waals surface area (Å²) in [5.74, 6) is 0.303. The number of likely N-dealkylation sites (N-methyl/N-ethyl adjacent to an activating group) is 1. The molecule has 0 aliphatic rings. The molecule has 0 saturated carbocycles. The Balaban J connectivity index is 1.91. The lowest BCUT2D eigenvalue weighted by atomic mass is 10.1. The van der Waals surface area contributed by atoms with Gasteiger partial charge in [0.2, 0.25) is 5.91 Å². The van der Waals surface area contributed by atoms with E-state index in [0.717, 1.165) is 16.9 Å². The van der Waals surface area contributed by atoms with Gasteiger partial charge in [0.15, 0.2) is 0 Å². The Morgan fingerprint density at radius 1 is 1.11 bits per heavy atom. The molecule has 0 unspecified atom stereocenters. The fourth-order valence-electron chi connectivity index (χ4n) is 2.73. The first-order valence-corrected chi connectivity index (χ1v) is 8.82. The Hall–Kier alpha value is -2.86. The van der Waals surface area contributed by atoms with E-state index >= 15 is 0 Å². The van der Waals surface area contributed by atoms with Gasteiger partial charge in [0.1, 0.15) is 5.75 Å². The highest BCUT2D eigenvalue weighted by atomic mass is 16.5. The summed E-state index contributed by atoms with van der Waals surface area (Å²) in [5.41, 5.74) is 3.27. The molecule has 2 rings (SSSR count). The van der Waals surface area contributed by atoms with Crippen LogP contribution in [0.25, 0.3) is 0 Å². The minimum atomic E-state index is -0.373. The fourth-order valence-corrected chi connectivity index (χ4v) is 2.73. The number of amides is 1. The molecular weight excluding hydrogens is 344 g/mol. The molecule has 0 radical (unpaired) electrons. The standard InChI is InChI=1S/C21H26N2O4/c1-5-27-21(25)16-7-9-18(10-8-16)22-20(24)14-23(3)13-17-12-15(2)6-11-19(17)26-4/h6-12H,5,13-14H2,1-4H3,(H,22,24). The summed E-state index contributed by atoms with van der Waals surface area (Å²) < 4.78 is 10.3. The third kappa shape index (κ3) is 6.11. The number of nitrogens with one attached hydrogen (secondary N) is 1. The second-order valence-electron chi connectivity index (χ2n) is 6.33. The van der Waals surface area contributed by atoms with Gasteiger partial charge in [-0.05, 0) is 51.2 Å². The maximum Gasteiger partial charge on any atom is 0.338 e. The predicted molar refractivity (Wildman–Crippen MR) is 105 cm³/mol. The maximum atomic E-state index is 12.3. The summed E-state index contributed by atoms with van der Waals surface area (Å²) in [7, 11) is 3.52. The molecule has 27 heavy (non-hydrogen) atoms. The first-order valence-electron chi connectivity index (χ1n) is 8.82. The van der Waals surface area contributed by atoms with Crippen LogP contribution in [0.3, 0.4) is 0 Å². The molecule has 6 heteroatoms. The van der Waals surface area contributed by atoms with Crippen LogP contribution in [0.2, 0.25) is 0 Å². The van der Waals surface area contributed by atoms with Crippen molar-refractivity contribution in [3.8, 4) is 5.75 Å². The van der Waals surface area contributed by atoms with Crippen LogP contribution in [-0.2, 0) is 16.1 Å². The van der Waals surface area contributed by atoms with Gasteiger partial charge in [-0.25, -0.2) is 4.79 Å². The molecule has 1 N–H and O–H groups in total. The zero-order chi connectivity index (χ0) is 19.8. The monoisotopic (exact) mass is 370 g/mol. The van der Waals surface area contributed by atoms with Crippen LogP contribution < -0.4 is 10.1 Å². The number of hydrogen-bond donors (Lipinski definition) is 1. The molecule has 2 aromatic rings. The Morgan fingerprint density at radius 2 is 1.81 bits per heavy atom. The number of esters is 1. The van der Waals surface area contributed by atoms with Crippen LogP contribution in [0.1, 0.15) is 28.4 Å². The van der Waals surface area contributed by atoms with Crippen LogP contribution in [0.15, 0.2) is 42.5 Å². The van der Waals surface area contributed by atoms with Crippen molar-refractivity contribution in [3.05, 3.63) is 59.2 Å². The van der Waals surface area contributed by atoms with Gasteiger partial charge in [0.25, 0.3) is 0 Å². The van der Waals surface area contributed by atoms with Gasteiger partial charge in [-0.1, -0.05) is 17.7 Å². The largest absolute Gasteiger partial charge is 0.496 e. The normalized spacial score (nSPS) is 10.6. The average Bonchev–Trinajstić information content (AvgIpc) is 2.62. The summed E-state index contributed by atoms with van der Waals surface area (Å²) in [4.78, 5) is 25.8. The molecule has 144 valence electrons. The number of aryl methyl sites for hydroxylation is 1. The van der Waals surface area contributed by atoms with Gasteiger partial charge >= 0.3 is 5.97 Å². The molecule has 0 atom stereocenters. The van der Waals surface area contributed by atoms with E-state index in [1.807, 2.05) is 31.0 Å². The molecule has 2 aromatic carbocycles. The topological polar surface area (TPSA) is 67.9 Å². The van der Waals surface area contributed by atoms with Crippen LogP contribution >= 0.6 is 0 Å². The number of rotatable bonds is 8. The number of benzene rings is 2. The lowest BCUT2D eigenvalue weighted by Crippen LogP contribution is -2.30. The van der Waals surface area contributed by atoms with E-state index in [4.69, 9.17) is 9.47 Å². The first-order chi connectivity index (χ1) is 12.9. The molecule has 1 amide bonds. The number of carbonyl (C=O) groups excluding carboxylic acids is 2. The van der Waals surface area contributed by atoms with E-state index in [0.29, 0.717) is 24.4 Å². The minimum Gasteiger partial charge on any atom is -0.496 e. The number of anilines is 1. The van der Waals surface area contributed by atoms with Crippen LogP contribution in [0, 0.1) is 6.92 Å². The van der Waals surface area contributed by atoms with Crippen molar-refractivity contribution in [2.75, 3.05) is 32.6 Å². The molecule has 0 heterocycles. The van der Waals surface area contributed by atoms with Crippen LogP contribution in [-0.4, -0.2) is 44.1 Å². The summed E-state index contributed by atoms with van der Waals surface area (Å²) in [6.07, 6.45) is 0. The molecule has 0 aromatic heterocycles. The summed E-state index contributed by atoms with van der Waals surface area (Å²) in [6, 6.07) is 12.6. The molecule has 6 nitrogen and oxygen atoms in total. The highest BCUT2D eigenvalue weighted by Crippen LogP contribution is 2.21. The second-order valence-corrected chi connectivity index (χ2v) is 6.33. The number of carbonyl (C=O) groups is 2. The van der Waals surface area contributed by atoms with E-state index < -0.39 is 0 Å². The molecule has 0 aliphatic carbocycles. The van der Waals surface area contributed by atoms with Crippen molar-refractivity contribution >= 4 is 17.6 Å². The lowest BCUT2D eigenvalue weighted by molar-refractivity contribution is -0.117. The summed E-state index contributed by atoms with van der Waals surface area (Å²) in [5, 5.41) is 2.83. The minimum absolute atomic E-state index is 0.131. The molecular formula is C21H26N2O4. The van der Waals surface area contributed by atoms with Gasteiger partial charge in [0, 0.05) is 17.8 Å². The fraction of sp³-hybridized carbons (Fsp3) is 0.333. The van der Waals surface area contributed by atoms with Crippen molar-refractivity contribution in [2.45, 2.75) is 20.4 Å². The van der Waals surface area contributed by atoms with Crippen molar-refractivity contribution in [3.63, 3.8) is 0 Å². The number of hydrogen-bond acceptors (Lipinski definition) is 5.